The van der Waals surface area contributed by atoms with Crippen LogP contribution in [0.5, 0.6) is 0 Å². The molecule has 2 unspecified atom stereocenters. The van der Waals surface area contributed by atoms with Crippen molar-refractivity contribution in [1.82, 2.24) is 20.4 Å². The van der Waals surface area contributed by atoms with Gasteiger partial charge in [0.2, 0.25) is 5.91 Å². The first-order valence-corrected chi connectivity index (χ1v) is 7.19. The summed E-state index contributed by atoms with van der Waals surface area (Å²) >= 11 is 0. The summed E-state index contributed by atoms with van der Waals surface area (Å²) in [6.45, 7) is 5.56. The van der Waals surface area contributed by atoms with E-state index in [1.54, 1.807) is 0 Å². The molecule has 0 aromatic rings. The van der Waals surface area contributed by atoms with Crippen molar-refractivity contribution in [3.63, 3.8) is 0 Å². The molecule has 3 heterocycles. The van der Waals surface area contributed by atoms with Crippen LogP contribution in [0, 0.1) is 0 Å². The number of hydrogen-bond donors (Lipinski definition) is 2. The lowest BCUT2D eigenvalue weighted by molar-refractivity contribution is -0.140. The van der Waals surface area contributed by atoms with E-state index in [0.717, 1.165) is 25.8 Å². The third-order valence-corrected chi connectivity index (χ3v) is 4.61. The van der Waals surface area contributed by atoms with E-state index in [9.17, 15) is 9.59 Å². The highest BCUT2D eigenvalue weighted by Crippen LogP contribution is 2.23. The van der Waals surface area contributed by atoms with E-state index in [1.807, 2.05) is 16.7 Å². The first kappa shape index (κ1) is 15.4. The van der Waals surface area contributed by atoms with Crippen LogP contribution < -0.4 is 10.6 Å². The topological polar surface area (TPSA) is 64.7 Å². The normalized spacial score (nSPS) is 33.2. The van der Waals surface area contributed by atoms with Crippen LogP contribution in [-0.4, -0.2) is 66.0 Å². The van der Waals surface area contributed by atoms with Crippen LogP contribution in [0.4, 0.5) is 4.79 Å². The zero-order valence-corrected chi connectivity index (χ0v) is 12.7. The van der Waals surface area contributed by atoms with Gasteiger partial charge in [0.05, 0.1) is 11.6 Å². The van der Waals surface area contributed by atoms with Crippen molar-refractivity contribution in [2.45, 2.75) is 37.8 Å². The fourth-order valence-corrected chi connectivity index (χ4v) is 3.38. The minimum atomic E-state index is -0.406. The summed E-state index contributed by atoms with van der Waals surface area (Å²) in [5.41, 5.74) is -0.406. The zero-order chi connectivity index (χ0) is 13.5. The van der Waals surface area contributed by atoms with Crippen molar-refractivity contribution in [3.05, 3.63) is 0 Å². The van der Waals surface area contributed by atoms with Crippen LogP contribution in [0.15, 0.2) is 0 Å². The molecule has 6 nitrogen and oxygen atoms in total. The van der Waals surface area contributed by atoms with Crippen molar-refractivity contribution in [1.29, 1.82) is 0 Å². The van der Waals surface area contributed by atoms with Gasteiger partial charge in [-0.3, -0.25) is 4.79 Å². The molecule has 2 atom stereocenters. The number of nitrogens with one attached hydrogen (secondary N) is 2. The highest BCUT2D eigenvalue weighted by Gasteiger charge is 2.42. The van der Waals surface area contributed by atoms with Crippen LogP contribution in [0.1, 0.15) is 26.2 Å². The number of fused-ring (bicyclic) bond motifs is 1. The molecule has 7 heteroatoms. The minimum absolute atomic E-state index is 0. The Hall–Kier alpha value is -1.01. The fraction of sp³-hybridized carbons (Fsp3) is 0.846. The third kappa shape index (κ3) is 2.59. The summed E-state index contributed by atoms with van der Waals surface area (Å²) < 4.78 is 0. The standard InChI is InChI=1S/C13H22N4O2.ClH/c1-13(4-2-3-5-15-13)11(18)16-6-7-17-10(9-16)8-14-12(17)19;/h10,15H,2-9H2,1H3,(H,14,19);1H. The highest BCUT2D eigenvalue weighted by molar-refractivity contribution is 5.87. The fourth-order valence-electron chi connectivity index (χ4n) is 3.38. The number of carbonyl (C=O) groups excluding carboxylic acids is 2. The van der Waals surface area contributed by atoms with Gasteiger partial charge in [0.1, 0.15) is 0 Å². The predicted octanol–water partition coefficient (Wildman–Crippen LogP) is 0.176. The quantitative estimate of drug-likeness (QED) is 0.726. The summed E-state index contributed by atoms with van der Waals surface area (Å²) in [7, 11) is 0. The Kier molecular flexibility index (Phi) is 4.44. The maximum atomic E-state index is 12.7. The molecule has 3 aliphatic heterocycles. The molecule has 0 spiro atoms. The molecule has 0 aliphatic carbocycles. The van der Waals surface area contributed by atoms with Crippen LogP contribution in [-0.2, 0) is 4.79 Å². The van der Waals surface area contributed by atoms with Crippen molar-refractivity contribution in [3.8, 4) is 0 Å². The number of urea groups is 1. The number of piperidine rings is 1. The van der Waals surface area contributed by atoms with Gasteiger partial charge in [-0.2, -0.15) is 0 Å². The molecule has 20 heavy (non-hydrogen) atoms. The number of nitrogens with zero attached hydrogens (tertiary/aromatic N) is 2. The van der Waals surface area contributed by atoms with Crippen LogP contribution in [0.25, 0.3) is 0 Å². The first-order chi connectivity index (χ1) is 9.10. The van der Waals surface area contributed by atoms with E-state index in [0.29, 0.717) is 26.2 Å². The number of rotatable bonds is 1. The maximum absolute atomic E-state index is 12.7. The molecular weight excluding hydrogens is 280 g/mol. The Morgan fingerprint density at radius 3 is 2.85 bits per heavy atom. The highest BCUT2D eigenvalue weighted by atomic mass is 35.5. The van der Waals surface area contributed by atoms with E-state index in [4.69, 9.17) is 0 Å². The lowest BCUT2D eigenvalue weighted by Crippen LogP contribution is -2.62. The molecule has 0 saturated carbocycles. The van der Waals surface area contributed by atoms with Crippen molar-refractivity contribution < 1.29 is 9.59 Å². The maximum Gasteiger partial charge on any atom is 0.317 e. The number of amides is 3. The largest absolute Gasteiger partial charge is 0.337 e. The SMILES string of the molecule is CC1(C(=O)N2CCN3C(=O)NCC3C2)CCCCN1.Cl. The Morgan fingerprint density at radius 2 is 2.15 bits per heavy atom. The molecule has 0 aromatic carbocycles. The summed E-state index contributed by atoms with van der Waals surface area (Å²) in [5, 5.41) is 6.22. The van der Waals surface area contributed by atoms with E-state index < -0.39 is 5.54 Å². The Labute approximate surface area is 125 Å². The monoisotopic (exact) mass is 302 g/mol. The molecule has 3 rings (SSSR count). The van der Waals surface area contributed by atoms with E-state index in [2.05, 4.69) is 10.6 Å². The lowest BCUT2D eigenvalue weighted by atomic mass is 9.89. The van der Waals surface area contributed by atoms with Gasteiger partial charge in [0, 0.05) is 26.2 Å². The van der Waals surface area contributed by atoms with Crippen molar-refractivity contribution >= 4 is 24.3 Å². The summed E-state index contributed by atoms with van der Waals surface area (Å²) in [4.78, 5) is 28.0. The Balaban J connectivity index is 0.00000147. The van der Waals surface area contributed by atoms with E-state index in [1.165, 1.54) is 0 Å². The smallest absolute Gasteiger partial charge is 0.317 e. The van der Waals surface area contributed by atoms with Crippen LogP contribution in [0.2, 0.25) is 0 Å². The number of piperazine rings is 1. The molecule has 0 bridgehead atoms. The van der Waals surface area contributed by atoms with Crippen molar-refractivity contribution in [2.24, 2.45) is 0 Å². The molecule has 3 saturated heterocycles. The zero-order valence-electron chi connectivity index (χ0n) is 11.9. The average molecular weight is 303 g/mol. The van der Waals surface area contributed by atoms with Gasteiger partial charge in [-0.25, -0.2) is 4.79 Å². The second-order valence-electron chi connectivity index (χ2n) is 6.00. The molecule has 3 amide bonds. The second-order valence-corrected chi connectivity index (χ2v) is 6.00. The molecular formula is C13H23ClN4O2. The van der Waals surface area contributed by atoms with Gasteiger partial charge in [-0.05, 0) is 32.7 Å². The molecule has 3 aliphatic rings. The number of halogens is 1. The predicted molar refractivity (Wildman–Crippen MR) is 78.0 cm³/mol. The molecule has 0 radical (unpaired) electrons. The van der Waals surface area contributed by atoms with Gasteiger partial charge >= 0.3 is 6.03 Å². The molecule has 0 aromatic heterocycles. The third-order valence-electron chi connectivity index (χ3n) is 4.61. The van der Waals surface area contributed by atoms with Crippen LogP contribution >= 0.6 is 12.4 Å². The summed E-state index contributed by atoms with van der Waals surface area (Å²) in [6, 6.07) is 0.163. The lowest BCUT2D eigenvalue weighted by Gasteiger charge is -2.42. The van der Waals surface area contributed by atoms with Crippen LogP contribution in [0.3, 0.4) is 0 Å². The Bertz CT molecular complexity index is 398. The minimum Gasteiger partial charge on any atom is -0.337 e. The number of carbonyl (C=O) groups is 2. The first-order valence-electron chi connectivity index (χ1n) is 7.19. The summed E-state index contributed by atoms with van der Waals surface area (Å²) in [6.07, 6.45) is 3.17. The van der Waals surface area contributed by atoms with Gasteiger partial charge in [-0.15, -0.1) is 12.4 Å². The van der Waals surface area contributed by atoms with Crippen molar-refractivity contribution in [2.75, 3.05) is 32.7 Å². The van der Waals surface area contributed by atoms with Gasteiger partial charge < -0.3 is 20.4 Å². The molecule has 114 valence electrons. The molecule has 3 fully saturated rings. The van der Waals surface area contributed by atoms with Gasteiger partial charge in [0.25, 0.3) is 0 Å². The van der Waals surface area contributed by atoms with E-state index >= 15 is 0 Å². The Morgan fingerprint density at radius 1 is 1.35 bits per heavy atom. The number of hydrogen-bond acceptors (Lipinski definition) is 3. The van der Waals surface area contributed by atoms with Gasteiger partial charge in [0.15, 0.2) is 0 Å². The summed E-state index contributed by atoms with van der Waals surface area (Å²) in [5.74, 6) is 0.200. The van der Waals surface area contributed by atoms with E-state index in [-0.39, 0.29) is 30.4 Å². The van der Waals surface area contributed by atoms with Gasteiger partial charge in [-0.1, -0.05) is 0 Å². The second kappa shape index (κ2) is 5.77. The molecule has 2 N–H and O–H groups in total. The average Bonchev–Trinajstić information content (AvgIpc) is 2.80.